The van der Waals surface area contributed by atoms with E-state index >= 15 is 0 Å². The summed E-state index contributed by atoms with van der Waals surface area (Å²) in [5.74, 6) is 0.567. The molecule has 1 unspecified atom stereocenters. The number of fused-ring (bicyclic) bond motifs is 1. The zero-order chi connectivity index (χ0) is 13.2. The molecular weight excluding hydrogens is 230 g/mol. The number of hydrogen-bond acceptors (Lipinski definition) is 3. The monoisotopic (exact) mass is 251 g/mol. The number of urea groups is 1. The summed E-state index contributed by atoms with van der Waals surface area (Å²) in [6.45, 7) is 6.98. The van der Waals surface area contributed by atoms with Crippen molar-refractivity contribution in [2.24, 2.45) is 5.16 Å². The molecule has 5 heteroatoms. The molecule has 2 heterocycles. The van der Waals surface area contributed by atoms with Gasteiger partial charge in [0, 0.05) is 23.7 Å². The van der Waals surface area contributed by atoms with Crippen LogP contribution >= 0.6 is 0 Å². The first-order valence-electron chi connectivity index (χ1n) is 6.62. The number of amides is 2. The van der Waals surface area contributed by atoms with Gasteiger partial charge in [-0.3, -0.25) is 10.2 Å². The fourth-order valence-electron chi connectivity index (χ4n) is 2.45. The minimum absolute atomic E-state index is 0.110. The third kappa shape index (κ3) is 2.21. The molecule has 0 fully saturated rings. The van der Waals surface area contributed by atoms with Crippen LogP contribution in [0.1, 0.15) is 46.5 Å². The molecule has 0 radical (unpaired) electrons. The SMILES string of the molecule is CCCC(C)(CC)N1C=C2CCON=C2NC1=O. The van der Waals surface area contributed by atoms with Gasteiger partial charge in [-0.1, -0.05) is 25.4 Å². The topological polar surface area (TPSA) is 53.9 Å². The normalized spacial score (nSPS) is 22.2. The second-order valence-electron chi connectivity index (χ2n) is 5.08. The molecule has 5 nitrogen and oxygen atoms in total. The van der Waals surface area contributed by atoms with E-state index < -0.39 is 0 Å². The molecule has 18 heavy (non-hydrogen) atoms. The van der Waals surface area contributed by atoms with Gasteiger partial charge in [0.2, 0.25) is 0 Å². The molecule has 0 aliphatic carbocycles. The summed E-state index contributed by atoms with van der Waals surface area (Å²) in [6, 6.07) is -0.110. The fraction of sp³-hybridized carbons (Fsp3) is 0.692. The average molecular weight is 251 g/mol. The first-order chi connectivity index (χ1) is 8.60. The Morgan fingerprint density at radius 3 is 3.00 bits per heavy atom. The van der Waals surface area contributed by atoms with E-state index in [1.165, 1.54) is 0 Å². The number of carbonyl (C=O) groups excluding carboxylic acids is 1. The van der Waals surface area contributed by atoms with Crippen LogP contribution in [0.4, 0.5) is 4.79 Å². The summed E-state index contributed by atoms with van der Waals surface area (Å²) in [5.41, 5.74) is 0.923. The van der Waals surface area contributed by atoms with Crippen molar-refractivity contribution in [3.8, 4) is 0 Å². The van der Waals surface area contributed by atoms with Crippen molar-refractivity contribution in [3.05, 3.63) is 11.8 Å². The Hall–Kier alpha value is -1.52. The van der Waals surface area contributed by atoms with Gasteiger partial charge in [0.05, 0.1) is 0 Å². The molecular formula is C13H21N3O2. The van der Waals surface area contributed by atoms with E-state index in [2.05, 4.69) is 31.2 Å². The maximum absolute atomic E-state index is 12.2. The number of nitrogens with one attached hydrogen (secondary N) is 1. The van der Waals surface area contributed by atoms with Crippen LogP contribution in [0, 0.1) is 0 Å². The predicted octanol–water partition coefficient (Wildman–Crippen LogP) is 2.60. The number of hydrogen-bond donors (Lipinski definition) is 1. The molecule has 0 aromatic rings. The van der Waals surface area contributed by atoms with Crippen molar-refractivity contribution in [3.63, 3.8) is 0 Å². The largest absolute Gasteiger partial charge is 0.394 e. The van der Waals surface area contributed by atoms with Crippen molar-refractivity contribution < 1.29 is 9.63 Å². The lowest BCUT2D eigenvalue weighted by Gasteiger charge is -2.41. The van der Waals surface area contributed by atoms with Crippen LogP contribution in [0.2, 0.25) is 0 Å². The average Bonchev–Trinajstić information content (AvgIpc) is 2.38. The Kier molecular flexibility index (Phi) is 3.59. The van der Waals surface area contributed by atoms with E-state index in [-0.39, 0.29) is 11.6 Å². The van der Waals surface area contributed by atoms with E-state index in [0.717, 1.165) is 31.3 Å². The van der Waals surface area contributed by atoms with Crippen molar-refractivity contribution >= 4 is 11.9 Å². The van der Waals surface area contributed by atoms with Crippen LogP contribution in [0.5, 0.6) is 0 Å². The van der Waals surface area contributed by atoms with Gasteiger partial charge in [-0.05, 0) is 19.8 Å². The van der Waals surface area contributed by atoms with E-state index in [9.17, 15) is 4.79 Å². The van der Waals surface area contributed by atoms with Gasteiger partial charge in [0.15, 0.2) is 5.84 Å². The van der Waals surface area contributed by atoms with Crippen molar-refractivity contribution in [1.29, 1.82) is 0 Å². The lowest BCUT2D eigenvalue weighted by atomic mass is 9.90. The molecule has 2 rings (SSSR count). The van der Waals surface area contributed by atoms with Gasteiger partial charge >= 0.3 is 6.03 Å². The molecule has 0 aromatic heterocycles. The highest BCUT2D eigenvalue weighted by atomic mass is 16.6. The number of nitrogens with zero attached hydrogens (tertiary/aromatic N) is 2. The second kappa shape index (κ2) is 5.00. The Bertz CT molecular complexity index is 403. The summed E-state index contributed by atoms with van der Waals surface area (Å²) < 4.78 is 0. The van der Waals surface area contributed by atoms with E-state index in [0.29, 0.717) is 12.4 Å². The minimum atomic E-state index is -0.129. The third-order valence-corrected chi connectivity index (χ3v) is 3.78. The molecule has 2 aliphatic rings. The highest BCUT2D eigenvalue weighted by Gasteiger charge is 2.36. The fourth-order valence-corrected chi connectivity index (χ4v) is 2.45. The zero-order valence-electron chi connectivity index (χ0n) is 11.3. The van der Waals surface area contributed by atoms with Crippen molar-refractivity contribution in [1.82, 2.24) is 10.2 Å². The molecule has 0 bridgehead atoms. The summed E-state index contributed by atoms with van der Waals surface area (Å²) in [5, 5.41) is 6.69. The van der Waals surface area contributed by atoms with Crippen LogP contribution in [0.3, 0.4) is 0 Å². The number of oxime groups is 1. The summed E-state index contributed by atoms with van der Waals surface area (Å²) in [7, 11) is 0. The van der Waals surface area contributed by atoms with Crippen LogP contribution < -0.4 is 5.32 Å². The van der Waals surface area contributed by atoms with Crippen LogP contribution in [-0.4, -0.2) is 28.9 Å². The molecule has 1 N–H and O–H groups in total. The van der Waals surface area contributed by atoms with Gasteiger partial charge in [0.25, 0.3) is 0 Å². The number of amidine groups is 1. The standard InChI is InChI=1S/C13H21N3O2/c1-4-7-13(3,5-2)16-9-10-6-8-18-15-11(10)14-12(16)17/h9H,4-8H2,1-3H3,(H,14,15,17). The summed E-state index contributed by atoms with van der Waals surface area (Å²) in [6.07, 6.45) is 5.72. The van der Waals surface area contributed by atoms with E-state index in [1.54, 1.807) is 0 Å². The molecule has 100 valence electrons. The third-order valence-electron chi connectivity index (χ3n) is 3.78. The zero-order valence-corrected chi connectivity index (χ0v) is 11.3. The lowest BCUT2D eigenvalue weighted by Crippen LogP contribution is -2.55. The minimum Gasteiger partial charge on any atom is -0.394 e. The maximum Gasteiger partial charge on any atom is 0.327 e. The smallest absolute Gasteiger partial charge is 0.327 e. The summed E-state index contributed by atoms with van der Waals surface area (Å²) >= 11 is 0. The van der Waals surface area contributed by atoms with Gasteiger partial charge < -0.3 is 4.84 Å². The molecule has 0 saturated carbocycles. The highest BCUT2D eigenvalue weighted by molar-refractivity contribution is 6.09. The maximum atomic E-state index is 12.2. The van der Waals surface area contributed by atoms with Gasteiger partial charge in [-0.15, -0.1) is 0 Å². The van der Waals surface area contributed by atoms with Crippen LogP contribution in [0.15, 0.2) is 16.9 Å². The van der Waals surface area contributed by atoms with E-state index in [1.807, 2.05) is 11.1 Å². The molecule has 2 aliphatic heterocycles. The number of rotatable bonds is 4. The Balaban J connectivity index is 2.30. The Morgan fingerprint density at radius 2 is 2.33 bits per heavy atom. The van der Waals surface area contributed by atoms with Crippen LogP contribution in [0.25, 0.3) is 0 Å². The van der Waals surface area contributed by atoms with Gasteiger partial charge in [-0.25, -0.2) is 4.79 Å². The predicted molar refractivity (Wildman–Crippen MR) is 70.1 cm³/mol. The first kappa shape index (κ1) is 12.9. The molecule has 0 saturated heterocycles. The first-order valence-corrected chi connectivity index (χ1v) is 6.62. The molecule has 0 spiro atoms. The lowest BCUT2D eigenvalue weighted by molar-refractivity contribution is 0.128. The van der Waals surface area contributed by atoms with Gasteiger partial charge in [-0.2, -0.15) is 0 Å². The molecule has 1 atom stereocenters. The highest BCUT2D eigenvalue weighted by Crippen LogP contribution is 2.29. The van der Waals surface area contributed by atoms with Crippen LogP contribution in [-0.2, 0) is 4.84 Å². The Morgan fingerprint density at radius 1 is 1.56 bits per heavy atom. The quantitative estimate of drug-likeness (QED) is 0.835. The number of carbonyl (C=O) groups is 1. The Labute approximate surface area is 108 Å². The summed E-state index contributed by atoms with van der Waals surface area (Å²) in [4.78, 5) is 19.0. The van der Waals surface area contributed by atoms with Crippen molar-refractivity contribution in [2.75, 3.05) is 6.61 Å². The molecule has 2 amide bonds. The van der Waals surface area contributed by atoms with Crippen molar-refractivity contribution in [2.45, 2.75) is 52.0 Å². The second-order valence-corrected chi connectivity index (χ2v) is 5.08. The van der Waals surface area contributed by atoms with Gasteiger partial charge in [0.1, 0.15) is 6.61 Å². The van der Waals surface area contributed by atoms with E-state index in [4.69, 9.17) is 4.84 Å². The molecule has 0 aromatic carbocycles.